The Bertz CT molecular complexity index is 1400. The van der Waals surface area contributed by atoms with Gasteiger partial charge in [0.25, 0.3) is 0 Å². The van der Waals surface area contributed by atoms with Crippen LogP contribution in [0.2, 0.25) is 10.0 Å². The molecule has 0 bridgehead atoms. The number of benzene rings is 2. The molecule has 35 heavy (non-hydrogen) atoms. The number of carbonyl (C=O) groups excluding carboxylic acids is 3. The molecule has 0 N–H and O–H groups in total. The maximum Gasteiger partial charge on any atom is 0.326 e. The smallest absolute Gasteiger partial charge is 0.326 e. The average molecular weight is 549 g/mol. The average Bonchev–Trinajstić information content (AvgIpc) is 3.28. The van der Waals surface area contributed by atoms with Crippen molar-refractivity contribution in [1.29, 1.82) is 0 Å². The highest BCUT2D eigenvalue weighted by Crippen LogP contribution is 2.55. The van der Waals surface area contributed by atoms with Gasteiger partial charge in [-0.25, -0.2) is 4.90 Å². The Labute approximate surface area is 218 Å². The van der Waals surface area contributed by atoms with Gasteiger partial charge in [-0.3, -0.25) is 23.7 Å². The summed E-state index contributed by atoms with van der Waals surface area (Å²) in [6, 6.07) is 13.8. The summed E-state index contributed by atoms with van der Waals surface area (Å²) in [6.45, 7) is 1.57. The van der Waals surface area contributed by atoms with Crippen molar-refractivity contribution < 1.29 is 19.1 Å². The zero-order valence-electron chi connectivity index (χ0n) is 18.3. The van der Waals surface area contributed by atoms with E-state index in [0.29, 0.717) is 26.2 Å². The molecule has 180 valence electrons. The number of ether oxygens (including phenoxy) is 1. The maximum absolute atomic E-state index is 13.8. The Morgan fingerprint density at radius 2 is 1.77 bits per heavy atom. The second-order valence-electron chi connectivity index (χ2n) is 7.96. The summed E-state index contributed by atoms with van der Waals surface area (Å²) < 4.78 is 6.35. The minimum absolute atomic E-state index is 0.178. The molecule has 2 aliphatic heterocycles. The number of halogens is 2. The number of hydrogen-bond acceptors (Lipinski definition) is 7. The number of nitrogens with zero attached hydrogens (tertiary/aromatic N) is 2. The molecule has 3 heterocycles. The van der Waals surface area contributed by atoms with Gasteiger partial charge >= 0.3 is 10.8 Å². The molecule has 3 atom stereocenters. The standard InChI is InChI=1S/C24H18Cl2N2O5S2/c1-2-33-15(29)11-27-23-20(35-24(27)32)16(13-9-6-10-14(25)18(13)26)17-19(34-23)22(31)28(21(17)30)12-7-4-3-5-8-12/h3-10,16-17,19H,2,11H2,1H3/t16-,17?,19?/m1/s1. The zero-order chi connectivity index (χ0) is 24.9. The number of aromatic nitrogens is 1. The van der Waals surface area contributed by atoms with Crippen LogP contribution in [-0.2, 0) is 25.7 Å². The monoisotopic (exact) mass is 548 g/mol. The molecule has 3 aromatic rings. The van der Waals surface area contributed by atoms with Crippen LogP contribution in [0.15, 0.2) is 58.4 Å². The van der Waals surface area contributed by atoms with Gasteiger partial charge in [-0.15, -0.1) is 0 Å². The maximum atomic E-state index is 13.8. The van der Waals surface area contributed by atoms with Crippen LogP contribution < -0.4 is 9.77 Å². The SMILES string of the molecule is CCOC(=O)Cn1c2c(sc1=O)[C@H](c1cccc(Cl)c1Cl)C1C(=O)N(c3ccccc3)C(=O)C1S2. The Hall–Kier alpha value is -2.59. The van der Waals surface area contributed by atoms with Crippen LogP contribution >= 0.6 is 46.3 Å². The molecule has 1 aromatic heterocycles. The van der Waals surface area contributed by atoms with Gasteiger partial charge in [0.1, 0.15) is 11.8 Å². The third kappa shape index (κ3) is 4.00. The number of thioether (sulfide) groups is 1. The number of fused-ring (bicyclic) bond motifs is 2. The van der Waals surface area contributed by atoms with E-state index in [2.05, 4.69) is 0 Å². The summed E-state index contributed by atoms with van der Waals surface area (Å²) in [6.07, 6.45) is 0. The van der Waals surface area contributed by atoms with Crippen molar-refractivity contribution in [2.75, 3.05) is 11.5 Å². The third-order valence-electron chi connectivity index (χ3n) is 5.97. The van der Waals surface area contributed by atoms with Crippen LogP contribution in [0.3, 0.4) is 0 Å². The molecule has 0 spiro atoms. The van der Waals surface area contributed by atoms with Crippen molar-refractivity contribution in [1.82, 2.24) is 4.57 Å². The Morgan fingerprint density at radius 1 is 1.03 bits per heavy atom. The van der Waals surface area contributed by atoms with Gasteiger partial charge in [-0.1, -0.05) is 76.6 Å². The lowest BCUT2D eigenvalue weighted by Gasteiger charge is -2.31. The van der Waals surface area contributed by atoms with E-state index in [0.717, 1.165) is 23.1 Å². The van der Waals surface area contributed by atoms with Gasteiger partial charge < -0.3 is 4.74 Å². The molecule has 1 saturated heterocycles. The molecule has 2 aliphatic rings. The number of amides is 2. The van der Waals surface area contributed by atoms with Crippen molar-refractivity contribution in [2.24, 2.45) is 5.92 Å². The van der Waals surface area contributed by atoms with Crippen LogP contribution in [0.1, 0.15) is 23.3 Å². The van der Waals surface area contributed by atoms with Crippen LogP contribution in [-0.4, -0.2) is 34.2 Å². The Morgan fingerprint density at radius 3 is 2.49 bits per heavy atom. The summed E-state index contributed by atoms with van der Waals surface area (Å²) >= 11 is 15.0. The number of esters is 1. The van der Waals surface area contributed by atoms with E-state index in [1.165, 1.54) is 9.47 Å². The van der Waals surface area contributed by atoms with E-state index in [9.17, 15) is 19.2 Å². The first-order valence-electron chi connectivity index (χ1n) is 10.8. The summed E-state index contributed by atoms with van der Waals surface area (Å²) in [5.41, 5.74) is 1.03. The molecule has 0 aliphatic carbocycles. The molecule has 2 amide bonds. The van der Waals surface area contributed by atoms with E-state index in [-0.39, 0.29) is 34.9 Å². The fourth-order valence-corrected chi connectivity index (χ4v) is 7.71. The summed E-state index contributed by atoms with van der Waals surface area (Å²) in [7, 11) is 0. The molecule has 5 rings (SSSR count). The Balaban J connectivity index is 1.69. The van der Waals surface area contributed by atoms with Crippen LogP contribution in [0, 0.1) is 5.92 Å². The number of carbonyl (C=O) groups is 3. The van der Waals surface area contributed by atoms with Crippen LogP contribution in [0.5, 0.6) is 0 Å². The van der Waals surface area contributed by atoms with Crippen molar-refractivity contribution in [3.8, 4) is 0 Å². The van der Waals surface area contributed by atoms with Gasteiger partial charge in [-0.05, 0) is 30.7 Å². The summed E-state index contributed by atoms with van der Waals surface area (Å²) in [4.78, 5) is 53.9. The van der Waals surface area contributed by atoms with Crippen molar-refractivity contribution in [3.05, 3.63) is 78.7 Å². The highest BCUT2D eigenvalue weighted by molar-refractivity contribution is 8.00. The van der Waals surface area contributed by atoms with E-state index in [4.69, 9.17) is 27.9 Å². The second kappa shape index (κ2) is 9.46. The lowest BCUT2D eigenvalue weighted by atomic mass is 9.83. The summed E-state index contributed by atoms with van der Waals surface area (Å²) in [5, 5.41) is 0.214. The highest BCUT2D eigenvalue weighted by Gasteiger charge is 2.57. The quantitative estimate of drug-likeness (QED) is 0.342. The fraction of sp³-hybridized carbons (Fsp3) is 0.250. The van der Waals surface area contributed by atoms with Gasteiger partial charge in [0.15, 0.2) is 0 Å². The minimum Gasteiger partial charge on any atom is -0.465 e. The largest absolute Gasteiger partial charge is 0.465 e. The number of anilines is 1. The van der Waals surface area contributed by atoms with Gasteiger partial charge in [0, 0.05) is 10.8 Å². The fourth-order valence-electron chi connectivity index (χ4n) is 4.52. The van der Waals surface area contributed by atoms with Crippen molar-refractivity contribution >= 4 is 69.8 Å². The molecule has 11 heteroatoms. The van der Waals surface area contributed by atoms with Gasteiger partial charge in [0.05, 0.1) is 33.3 Å². The number of hydrogen-bond donors (Lipinski definition) is 0. The van der Waals surface area contributed by atoms with Crippen LogP contribution in [0.4, 0.5) is 5.69 Å². The second-order valence-corrected chi connectivity index (χ2v) is 10.9. The van der Waals surface area contributed by atoms with Crippen LogP contribution in [0.25, 0.3) is 0 Å². The highest BCUT2D eigenvalue weighted by atomic mass is 35.5. The lowest BCUT2D eigenvalue weighted by molar-refractivity contribution is -0.144. The number of imide groups is 1. The van der Waals surface area contributed by atoms with E-state index in [1.807, 2.05) is 0 Å². The van der Waals surface area contributed by atoms with Gasteiger partial charge in [-0.2, -0.15) is 0 Å². The molecule has 2 aromatic carbocycles. The molecular formula is C24H18Cl2N2O5S2. The first-order valence-corrected chi connectivity index (χ1v) is 13.2. The number of para-hydroxylation sites is 1. The zero-order valence-corrected chi connectivity index (χ0v) is 21.4. The first kappa shape index (κ1) is 24.1. The van der Waals surface area contributed by atoms with Gasteiger partial charge in [0.2, 0.25) is 11.8 Å². The van der Waals surface area contributed by atoms with E-state index >= 15 is 0 Å². The van der Waals surface area contributed by atoms with Crippen molar-refractivity contribution in [2.45, 2.75) is 29.7 Å². The number of thiazole rings is 1. The minimum atomic E-state index is -0.808. The molecule has 0 radical (unpaired) electrons. The number of rotatable bonds is 5. The Kier molecular flexibility index (Phi) is 6.52. The predicted octanol–water partition coefficient (Wildman–Crippen LogP) is 4.58. The molecule has 1 fully saturated rings. The molecule has 2 unspecified atom stereocenters. The predicted molar refractivity (Wildman–Crippen MR) is 136 cm³/mol. The third-order valence-corrected chi connectivity index (χ3v) is 9.41. The topological polar surface area (TPSA) is 85.7 Å². The first-order chi connectivity index (χ1) is 16.8. The lowest BCUT2D eigenvalue weighted by Crippen LogP contribution is -2.33. The molecular weight excluding hydrogens is 531 g/mol. The van der Waals surface area contributed by atoms with E-state index < -0.39 is 23.1 Å². The normalized spacial score (nSPS) is 21.1. The molecule has 0 saturated carbocycles. The van der Waals surface area contributed by atoms with Crippen molar-refractivity contribution in [3.63, 3.8) is 0 Å². The summed E-state index contributed by atoms with van der Waals surface area (Å²) in [5.74, 6) is -2.80. The molecule has 7 nitrogen and oxygen atoms in total. The van der Waals surface area contributed by atoms with E-state index in [1.54, 1.807) is 55.5 Å².